The highest BCUT2D eigenvalue weighted by Gasteiger charge is 2.48. The third-order valence-corrected chi connectivity index (χ3v) is 13.0. The van der Waals surface area contributed by atoms with Crippen LogP contribution in [-0.4, -0.2) is 128 Å². The number of rotatable bonds is 8. The van der Waals surface area contributed by atoms with Gasteiger partial charge in [0.15, 0.2) is 0 Å². The monoisotopic (exact) mass is 819 g/mol. The summed E-state index contributed by atoms with van der Waals surface area (Å²) < 4.78 is 30.5. The number of allylic oxidation sites excluding steroid dienone is 3. The number of methoxy groups -OCH3 is 3. The number of amides is 1. The first-order valence-electron chi connectivity index (χ1n) is 21.9. The predicted molar refractivity (Wildman–Crippen MR) is 221 cm³/mol. The van der Waals surface area contributed by atoms with E-state index in [0.29, 0.717) is 57.3 Å². The van der Waals surface area contributed by atoms with E-state index in [2.05, 4.69) is 38.1 Å². The normalized spacial score (nSPS) is 39.0. The molecule has 14 unspecified atom stereocenters. The number of nitrogens with zero attached hydrogens (tertiary/aromatic N) is 2. The number of aliphatic hydroxyl groups is 2. The molecular formula is C45H74N2O11. The van der Waals surface area contributed by atoms with Crippen molar-refractivity contribution in [1.82, 2.24) is 4.90 Å². The quantitative estimate of drug-likeness (QED) is 0.128. The van der Waals surface area contributed by atoms with Crippen LogP contribution in [0, 0.1) is 29.6 Å². The maximum Gasteiger partial charge on any atom is 0.329 e. The Hall–Kier alpha value is -2.68. The van der Waals surface area contributed by atoms with Crippen molar-refractivity contribution in [3.05, 3.63) is 23.3 Å². The van der Waals surface area contributed by atoms with Crippen molar-refractivity contribution in [2.45, 2.75) is 174 Å². The summed E-state index contributed by atoms with van der Waals surface area (Å²) in [5, 5.41) is 27.1. The lowest BCUT2D eigenvalue weighted by atomic mass is 9.81. The van der Waals surface area contributed by atoms with Crippen molar-refractivity contribution >= 4 is 23.4 Å². The van der Waals surface area contributed by atoms with E-state index in [-0.39, 0.29) is 48.8 Å². The van der Waals surface area contributed by atoms with Crippen LogP contribution in [0.3, 0.4) is 0 Å². The number of ether oxygens (including phenoxy) is 5. The second kappa shape index (κ2) is 22.8. The van der Waals surface area contributed by atoms with Crippen LogP contribution in [0.15, 0.2) is 28.5 Å². The fourth-order valence-corrected chi connectivity index (χ4v) is 9.67. The van der Waals surface area contributed by atoms with Gasteiger partial charge in [-0.1, -0.05) is 50.6 Å². The van der Waals surface area contributed by atoms with E-state index in [0.717, 1.165) is 30.4 Å². The molecule has 3 heterocycles. The largest absolute Gasteiger partial charge is 0.456 e. The Morgan fingerprint density at radius 2 is 1.60 bits per heavy atom. The summed E-state index contributed by atoms with van der Waals surface area (Å²) in [5.74, 6) is -2.85. The third-order valence-electron chi connectivity index (χ3n) is 13.0. The first kappa shape index (κ1) is 48.0. The maximum atomic E-state index is 14.4. The molecule has 0 aromatic rings. The molecule has 2 saturated heterocycles. The van der Waals surface area contributed by atoms with E-state index in [9.17, 15) is 24.6 Å². The fourth-order valence-electron chi connectivity index (χ4n) is 9.67. The molecule has 4 rings (SSSR count). The summed E-state index contributed by atoms with van der Waals surface area (Å²) in [5.41, 5.74) is 2.62. The maximum absolute atomic E-state index is 14.4. The molecule has 1 amide bonds. The van der Waals surface area contributed by atoms with Crippen LogP contribution in [0.4, 0.5) is 0 Å². The molecule has 1 saturated carbocycles. The average molecular weight is 819 g/mol. The number of hydrogen-bond donors (Lipinski definition) is 2. The second-order valence-corrected chi connectivity index (χ2v) is 17.5. The number of fused-ring (bicyclic) bond motifs is 3. The Morgan fingerprint density at radius 1 is 0.914 bits per heavy atom. The zero-order valence-electron chi connectivity index (χ0n) is 36.9. The van der Waals surface area contributed by atoms with Crippen molar-refractivity contribution in [3.63, 3.8) is 0 Å². The lowest BCUT2D eigenvalue weighted by Gasteiger charge is -2.43. The lowest BCUT2D eigenvalue weighted by molar-refractivity contribution is -0.199. The van der Waals surface area contributed by atoms with Crippen LogP contribution in [0.1, 0.15) is 119 Å². The van der Waals surface area contributed by atoms with Gasteiger partial charge in [-0.2, -0.15) is 0 Å². The Morgan fingerprint density at radius 3 is 2.26 bits per heavy atom. The van der Waals surface area contributed by atoms with Gasteiger partial charge in [-0.15, -0.1) is 0 Å². The number of cyclic esters (lactones) is 1. The van der Waals surface area contributed by atoms with Crippen LogP contribution in [0.2, 0.25) is 0 Å². The van der Waals surface area contributed by atoms with E-state index in [1.165, 1.54) is 4.90 Å². The van der Waals surface area contributed by atoms with Gasteiger partial charge in [0.1, 0.15) is 31.0 Å². The third kappa shape index (κ3) is 12.2. The van der Waals surface area contributed by atoms with Gasteiger partial charge in [-0.25, -0.2) is 4.79 Å². The summed E-state index contributed by atoms with van der Waals surface area (Å²) in [4.78, 5) is 49.9. The number of oxime groups is 1. The van der Waals surface area contributed by atoms with Gasteiger partial charge in [0.05, 0.1) is 36.2 Å². The highest BCUT2D eigenvalue weighted by Crippen LogP contribution is 2.35. The van der Waals surface area contributed by atoms with Crippen LogP contribution >= 0.6 is 0 Å². The van der Waals surface area contributed by atoms with Gasteiger partial charge in [-0.05, 0) is 108 Å². The van der Waals surface area contributed by atoms with Crippen molar-refractivity contribution in [2.24, 2.45) is 34.7 Å². The van der Waals surface area contributed by atoms with Crippen molar-refractivity contribution in [2.75, 3.05) is 34.5 Å². The van der Waals surface area contributed by atoms with Crippen molar-refractivity contribution in [3.8, 4) is 0 Å². The molecule has 0 aromatic heterocycles. The summed E-state index contributed by atoms with van der Waals surface area (Å²) in [6.07, 6.45) is 5.61. The van der Waals surface area contributed by atoms with Crippen LogP contribution < -0.4 is 0 Å². The minimum atomic E-state index is -1.03. The number of Topliss-reactive ketones (excluding diaryl/α,β-unsaturated/α-hetero) is 1. The summed E-state index contributed by atoms with van der Waals surface area (Å²) in [6.45, 7) is 14.5. The van der Waals surface area contributed by atoms with E-state index in [1.807, 2.05) is 27.7 Å². The van der Waals surface area contributed by atoms with Crippen molar-refractivity contribution in [1.29, 1.82) is 0 Å². The fraction of sp³-hybridized carbons (Fsp3) is 0.822. The molecule has 4 aliphatic rings. The molecule has 1 aliphatic carbocycles. The Labute approximate surface area is 347 Å². The smallest absolute Gasteiger partial charge is 0.329 e. The molecular weight excluding hydrogens is 744 g/mol. The number of ketones is 1. The molecule has 330 valence electrons. The molecule has 58 heavy (non-hydrogen) atoms. The minimum absolute atomic E-state index is 0.0543. The molecule has 0 spiro atoms. The molecule has 2 N–H and O–H groups in total. The topological polar surface area (TPSA) is 163 Å². The Bertz CT molecular complexity index is 1450. The highest BCUT2D eigenvalue weighted by atomic mass is 16.6. The molecule has 14 atom stereocenters. The molecule has 13 heteroatoms. The first-order valence-corrected chi connectivity index (χ1v) is 21.9. The van der Waals surface area contributed by atoms with Crippen LogP contribution in [0.25, 0.3) is 0 Å². The summed E-state index contributed by atoms with van der Waals surface area (Å²) in [7, 11) is 4.86. The van der Waals surface area contributed by atoms with E-state index >= 15 is 0 Å². The number of hydrogen-bond acceptors (Lipinski definition) is 12. The van der Waals surface area contributed by atoms with E-state index in [4.69, 9.17) is 28.5 Å². The van der Waals surface area contributed by atoms with Gasteiger partial charge in [0.25, 0.3) is 5.91 Å². The summed E-state index contributed by atoms with van der Waals surface area (Å²) >= 11 is 0. The number of carbonyl (C=O) groups is 3. The molecule has 3 aliphatic heterocycles. The predicted octanol–water partition coefficient (Wildman–Crippen LogP) is 5.98. The lowest BCUT2D eigenvalue weighted by Crippen LogP contribution is -2.58. The van der Waals surface area contributed by atoms with Gasteiger partial charge in [-0.3, -0.25) is 9.59 Å². The van der Waals surface area contributed by atoms with Gasteiger partial charge in [0, 0.05) is 46.1 Å². The number of aliphatic hydroxyl groups excluding tert-OH is 2. The van der Waals surface area contributed by atoms with Crippen molar-refractivity contribution < 1.29 is 53.1 Å². The molecule has 0 aromatic carbocycles. The van der Waals surface area contributed by atoms with E-state index in [1.54, 1.807) is 21.3 Å². The van der Waals surface area contributed by atoms with Crippen LogP contribution in [-0.2, 0) is 42.9 Å². The molecule has 3 fully saturated rings. The zero-order valence-corrected chi connectivity index (χ0v) is 36.9. The number of piperidine rings is 1. The first-order chi connectivity index (χ1) is 27.7. The number of esters is 1. The minimum Gasteiger partial charge on any atom is -0.456 e. The Kier molecular flexibility index (Phi) is 18.9. The summed E-state index contributed by atoms with van der Waals surface area (Å²) in [6, 6.07) is -0.983. The zero-order chi connectivity index (χ0) is 42.7. The number of carbonyl (C=O) groups excluding carboxylic acids is 3. The second-order valence-electron chi connectivity index (χ2n) is 17.5. The van der Waals surface area contributed by atoms with Crippen LogP contribution in [0.5, 0.6) is 0 Å². The van der Waals surface area contributed by atoms with Gasteiger partial charge < -0.3 is 43.6 Å². The molecule has 2 bridgehead atoms. The molecule has 13 nitrogen and oxygen atoms in total. The van der Waals surface area contributed by atoms with Gasteiger partial charge in [0.2, 0.25) is 5.78 Å². The average Bonchev–Trinajstić information content (AvgIpc) is 3.21. The standard InChI is InChI=1S/C45H74N2O11/c1-11-32-20-26(3)19-27(4)21-38(54-9)43-39(55-10)23-29(6)42(57-43)40(50)44(51)47-18-14-13-15-34(47)45(52)58-41(30(7)36(49)25-33(32)46-56-12-2)28(5)22-31-16-17-35(48)37(24-31)53-8/h20,22,27,29-32,34-39,41-43,48-49H,11-19,21,23-25H2,1-10H3. The van der Waals surface area contributed by atoms with E-state index < -0.39 is 66.2 Å². The molecule has 0 radical (unpaired) electrons. The SMILES string of the molecule is CCON=C1CC(O)C(C)C(C(C)=CC2CCC(O)C(OC)C2)OC(=O)C2CCCCN2C(=O)C(=O)C2OC(C(OC)CC(C)CC(C)=CC1CC)C(OC)CC2C. The highest BCUT2D eigenvalue weighted by molar-refractivity contribution is 6.38. The Balaban J connectivity index is 1.79. The van der Waals surface area contributed by atoms with Gasteiger partial charge >= 0.3 is 5.97 Å².